The van der Waals surface area contributed by atoms with E-state index in [0.29, 0.717) is 16.9 Å². The molecule has 0 aromatic heterocycles. The molecule has 6 nitrogen and oxygen atoms in total. The average molecular weight is 428 g/mol. The number of anilines is 1. The maximum Gasteiger partial charge on any atom is 0.261 e. The number of carbonyl (C=O) groups excluding carboxylic acids is 1. The molecule has 0 unspecified atom stereocenters. The molecule has 0 heterocycles. The van der Waals surface area contributed by atoms with Crippen LogP contribution in [0.3, 0.4) is 0 Å². The number of carbonyl (C=O) groups is 1. The Bertz CT molecular complexity index is 1150. The van der Waals surface area contributed by atoms with Crippen LogP contribution in [0.15, 0.2) is 77.7 Å². The summed E-state index contributed by atoms with van der Waals surface area (Å²) in [4.78, 5) is 14.2. The normalized spacial score (nSPS) is 11.0. The zero-order valence-corrected chi connectivity index (χ0v) is 17.3. The van der Waals surface area contributed by atoms with Gasteiger partial charge in [0.2, 0.25) is 0 Å². The molecule has 0 atom stereocenters. The molecule has 1 N–H and O–H groups in total. The zero-order chi connectivity index (χ0) is 21.7. The van der Waals surface area contributed by atoms with Crippen LogP contribution in [-0.2, 0) is 16.6 Å². The molecule has 0 aliphatic carbocycles. The first-order valence-electron chi connectivity index (χ1n) is 9.05. The summed E-state index contributed by atoms with van der Waals surface area (Å²) in [6.07, 6.45) is 0. The van der Waals surface area contributed by atoms with Gasteiger partial charge in [0, 0.05) is 24.8 Å². The van der Waals surface area contributed by atoms with Gasteiger partial charge in [-0.25, -0.2) is 12.8 Å². The van der Waals surface area contributed by atoms with Gasteiger partial charge in [0.25, 0.3) is 15.9 Å². The first-order valence-corrected chi connectivity index (χ1v) is 10.5. The van der Waals surface area contributed by atoms with Crippen molar-refractivity contribution >= 4 is 21.6 Å². The summed E-state index contributed by atoms with van der Waals surface area (Å²) in [6.45, 7) is 0.221. The lowest BCUT2D eigenvalue weighted by atomic mass is 10.1. The van der Waals surface area contributed by atoms with Crippen molar-refractivity contribution in [1.82, 2.24) is 4.90 Å². The Kier molecular flexibility index (Phi) is 6.37. The van der Waals surface area contributed by atoms with E-state index in [9.17, 15) is 17.6 Å². The number of nitrogens with one attached hydrogen (secondary N) is 1. The Balaban J connectivity index is 1.75. The Labute approximate surface area is 175 Å². The third kappa shape index (κ3) is 5.15. The molecule has 0 fully saturated rings. The van der Waals surface area contributed by atoms with Crippen molar-refractivity contribution in [2.45, 2.75) is 11.4 Å². The summed E-state index contributed by atoms with van der Waals surface area (Å²) in [5.41, 5.74) is 1.22. The third-order valence-electron chi connectivity index (χ3n) is 4.39. The van der Waals surface area contributed by atoms with Crippen molar-refractivity contribution in [2.24, 2.45) is 0 Å². The second-order valence-electron chi connectivity index (χ2n) is 6.65. The van der Waals surface area contributed by atoms with Gasteiger partial charge in [0.1, 0.15) is 11.6 Å². The molecule has 3 aromatic rings. The van der Waals surface area contributed by atoms with E-state index in [1.54, 1.807) is 49.5 Å². The molecule has 0 bridgehead atoms. The van der Waals surface area contributed by atoms with Crippen molar-refractivity contribution in [3.8, 4) is 5.75 Å². The second kappa shape index (κ2) is 8.96. The largest absolute Gasteiger partial charge is 0.497 e. The van der Waals surface area contributed by atoms with Crippen molar-refractivity contribution < 1.29 is 22.3 Å². The summed E-state index contributed by atoms with van der Waals surface area (Å²) in [5, 5.41) is 0. The van der Waals surface area contributed by atoms with Crippen molar-refractivity contribution in [1.29, 1.82) is 0 Å². The minimum atomic E-state index is -3.83. The predicted molar refractivity (Wildman–Crippen MR) is 112 cm³/mol. The summed E-state index contributed by atoms with van der Waals surface area (Å²) in [7, 11) is -0.732. The lowest BCUT2D eigenvalue weighted by molar-refractivity contribution is 0.0785. The van der Waals surface area contributed by atoms with E-state index in [0.717, 1.165) is 0 Å². The molecule has 3 aromatic carbocycles. The van der Waals surface area contributed by atoms with Crippen LogP contribution in [0.1, 0.15) is 15.9 Å². The number of hydrogen-bond donors (Lipinski definition) is 1. The maximum absolute atomic E-state index is 13.4. The number of benzene rings is 3. The smallest absolute Gasteiger partial charge is 0.261 e. The van der Waals surface area contributed by atoms with Crippen LogP contribution in [0.5, 0.6) is 5.75 Å². The topological polar surface area (TPSA) is 75.7 Å². The van der Waals surface area contributed by atoms with Crippen LogP contribution in [0.4, 0.5) is 10.1 Å². The summed E-state index contributed by atoms with van der Waals surface area (Å²) >= 11 is 0. The number of rotatable bonds is 7. The highest BCUT2D eigenvalue weighted by atomic mass is 32.2. The van der Waals surface area contributed by atoms with Crippen LogP contribution >= 0.6 is 0 Å². The molecule has 3 rings (SSSR count). The maximum atomic E-state index is 13.4. The Morgan fingerprint density at radius 2 is 1.73 bits per heavy atom. The summed E-state index contributed by atoms with van der Waals surface area (Å²) in [5.74, 6) is -0.143. The SMILES string of the molecule is COc1ccc(S(=O)(=O)Nc2cccc(C(=O)N(C)Cc3cccc(F)c3)c2)cc1. The van der Waals surface area contributed by atoms with Crippen molar-refractivity contribution in [3.05, 3.63) is 89.7 Å². The number of nitrogens with zero attached hydrogens (tertiary/aromatic N) is 1. The van der Waals surface area contributed by atoms with Gasteiger partial charge in [-0.3, -0.25) is 9.52 Å². The van der Waals surface area contributed by atoms with Crippen LogP contribution in [0, 0.1) is 5.82 Å². The molecule has 0 radical (unpaired) electrons. The fraction of sp³-hybridized carbons (Fsp3) is 0.136. The van der Waals surface area contributed by atoms with Gasteiger partial charge >= 0.3 is 0 Å². The summed E-state index contributed by atoms with van der Waals surface area (Å²) in [6, 6.07) is 18.2. The molecule has 0 saturated carbocycles. The van der Waals surface area contributed by atoms with E-state index in [1.807, 2.05) is 0 Å². The standard InChI is InChI=1S/C22H21FN2O4S/c1-25(15-16-5-3-7-18(23)13-16)22(26)17-6-4-8-19(14-17)24-30(27,28)21-11-9-20(29-2)10-12-21/h3-14,24H,15H2,1-2H3. The summed E-state index contributed by atoms with van der Waals surface area (Å²) < 4.78 is 46.1. The van der Waals surface area contributed by atoms with E-state index in [4.69, 9.17) is 4.74 Å². The van der Waals surface area contributed by atoms with E-state index in [-0.39, 0.29) is 28.9 Å². The first-order chi connectivity index (χ1) is 14.3. The molecule has 0 aliphatic rings. The fourth-order valence-electron chi connectivity index (χ4n) is 2.89. The highest BCUT2D eigenvalue weighted by Gasteiger charge is 2.17. The minimum absolute atomic E-state index is 0.0725. The van der Waals surface area contributed by atoms with Gasteiger partial charge in [-0.05, 0) is 60.2 Å². The molecule has 30 heavy (non-hydrogen) atoms. The van der Waals surface area contributed by atoms with Gasteiger partial charge in [-0.15, -0.1) is 0 Å². The van der Waals surface area contributed by atoms with E-state index in [2.05, 4.69) is 4.72 Å². The molecule has 0 aliphatic heterocycles. The highest BCUT2D eigenvalue weighted by molar-refractivity contribution is 7.92. The lowest BCUT2D eigenvalue weighted by Gasteiger charge is -2.18. The Hall–Kier alpha value is -3.39. The molecular formula is C22H21FN2O4S. The number of sulfonamides is 1. The Morgan fingerprint density at radius 1 is 1.03 bits per heavy atom. The number of hydrogen-bond acceptors (Lipinski definition) is 4. The van der Waals surface area contributed by atoms with Crippen molar-refractivity contribution in [3.63, 3.8) is 0 Å². The molecule has 0 saturated heterocycles. The van der Waals surface area contributed by atoms with Crippen LogP contribution in [0.2, 0.25) is 0 Å². The average Bonchev–Trinajstić information content (AvgIpc) is 2.73. The second-order valence-corrected chi connectivity index (χ2v) is 8.34. The molecule has 156 valence electrons. The van der Waals surface area contributed by atoms with Crippen LogP contribution in [-0.4, -0.2) is 33.4 Å². The van der Waals surface area contributed by atoms with Gasteiger partial charge in [-0.1, -0.05) is 18.2 Å². The minimum Gasteiger partial charge on any atom is -0.497 e. The van der Waals surface area contributed by atoms with Crippen LogP contribution in [0.25, 0.3) is 0 Å². The molecule has 8 heteroatoms. The van der Waals surface area contributed by atoms with Gasteiger partial charge in [-0.2, -0.15) is 0 Å². The van der Waals surface area contributed by atoms with Gasteiger partial charge in [0.05, 0.1) is 12.0 Å². The monoisotopic (exact) mass is 428 g/mol. The zero-order valence-electron chi connectivity index (χ0n) is 16.5. The predicted octanol–water partition coefficient (Wildman–Crippen LogP) is 3.91. The number of methoxy groups -OCH3 is 1. The highest BCUT2D eigenvalue weighted by Crippen LogP contribution is 2.20. The first kappa shape index (κ1) is 21.3. The van der Waals surface area contributed by atoms with Gasteiger partial charge in [0.15, 0.2) is 0 Å². The van der Waals surface area contributed by atoms with E-state index >= 15 is 0 Å². The van der Waals surface area contributed by atoms with E-state index < -0.39 is 10.0 Å². The number of ether oxygens (including phenoxy) is 1. The van der Waals surface area contributed by atoms with E-state index in [1.165, 1.54) is 42.3 Å². The molecule has 1 amide bonds. The molecule has 0 spiro atoms. The lowest BCUT2D eigenvalue weighted by Crippen LogP contribution is -2.26. The van der Waals surface area contributed by atoms with Crippen LogP contribution < -0.4 is 9.46 Å². The number of halogens is 1. The third-order valence-corrected chi connectivity index (χ3v) is 5.78. The number of amides is 1. The van der Waals surface area contributed by atoms with Gasteiger partial charge < -0.3 is 9.64 Å². The quantitative estimate of drug-likeness (QED) is 0.619. The fourth-order valence-corrected chi connectivity index (χ4v) is 3.94. The molecular weight excluding hydrogens is 407 g/mol. The Morgan fingerprint density at radius 3 is 2.40 bits per heavy atom. The van der Waals surface area contributed by atoms with Crippen molar-refractivity contribution in [2.75, 3.05) is 18.9 Å².